The topological polar surface area (TPSA) is 47.1 Å². The van der Waals surface area contributed by atoms with E-state index in [2.05, 4.69) is 36.2 Å². The van der Waals surface area contributed by atoms with Gasteiger partial charge in [0.25, 0.3) is 0 Å². The first-order chi connectivity index (χ1) is 10.1. The van der Waals surface area contributed by atoms with Crippen LogP contribution in [0, 0.1) is 0 Å². The molecule has 21 heavy (non-hydrogen) atoms. The van der Waals surface area contributed by atoms with E-state index in [-0.39, 0.29) is 5.92 Å². The second-order valence-electron chi connectivity index (χ2n) is 5.51. The molecule has 0 radical (unpaired) electrons. The lowest BCUT2D eigenvalue weighted by Gasteiger charge is -2.17. The zero-order valence-electron chi connectivity index (χ0n) is 12.7. The Morgan fingerprint density at radius 3 is 2.62 bits per heavy atom. The van der Waals surface area contributed by atoms with Gasteiger partial charge in [0.2, 0.25) is 0 Å². The number of aromatic nitrogens is 2. The van der Waals surface area contributed by atoms with Crippen LogP contribution in [0.15, 0.2) is 36.5 Å². The van der Waals surface area contributed by atoms with E-state index in [1.165, 1.54) is 5.56 Å². The lowest BCUT2D eigenvalue weighted by Crippen LogP contribution is -2.22. The van der Waals surface area contributed by atoms with Crippen LogP contribution < -0.4 is 5.73 Å². The summed E-state index contributed by atoms with van der Waals surface area (Å²) in [5.41, 5.74) is 8.28. The minimum Gasteiger partial charge on any atom is -0.330 e. The number of hydrogen-bond donors (Lipinski definition) is 1. The molecule has 2 aromatic rings. The summed E-state index contributed by atoms with van der Waals surface area (Å²) in [5, 5.41) is 5.11. The van der Waals surface area contributed by atoms with E-state index in [1.807, 2.05) is 22.9 Å². The van der Waals surface area contributed by atoms with Gasteiger partial charge in [0.1, 0.15) is 0 Å². The van der Waals surface area contributed by atoms with Crippen LogP contribution in [0.3, 0.4) is 0 Å². The van der Waals surface area contributed by atoms with Crippen LogP contribution in [0.25, 0.3) is 0 Å². The Kier molecular flexibility index (Phi) is 5.79. The second kappa shape index (κ2) is 7.59. The van der Waals surface area contributed by atoms with Crippen molar-refractivity contribution in [2.75, 3.05) is 27.2 Å². The summed E-state index contributed by atoms with van der Waals surface area (Å²) >= 11 is 6.31. The molecule has 0 aliphatic carbocycles. The Bertz CT molecular complexity index is 551. The van der Waals surface area contributed by atoms with Crippen molar-refractivity contribution < 1.29 is 0 Å². The molecule has 0 amide bonds. The van der Waals surface area contributed by atoms with Crippen molar-refractivity contribution in [3.05, 3.63) is 52.8 Å². The summed E-state index contributed by atoms with van der Waals surface area (Å²) in [6.45, 7) is 2.37. The van der Waals surface area contributed by atoms with Crippen LogP contribution in [0.4, 0.5) is 0 Å². The minimum absolute atomic E-state index is 0.263. The molecule has 5 heteroatoms. The van der Waals surface area contributed by atoms with E-state index in [1.54, 1.807) is 6.20 Å². The molecule has 0 bridgehead atoms. The molecule has 1 atom stereocenters. The SMILES string of the molecule is CN(C)CCn1ncc(Cl)c1CC(CN)c1ccccc1. The average molecular weight is 307 g/mol. The van der Waals surface area contributed by atoms with E-state index >= 15 is 0 Å². The molecule has 1 heterocycles. The van der Waals surface area contributed by atoms with E-state index in [0.717, 1.165) is 30.2 Å². The Morgan fingerprint density at radius 2 is 2.00 bits per heavy atom. The highest BCUT2D eigenvalue weighted by atomic mass is 35.5. The van der Waals surface area contributed by atoms with Crippen molar-refractivity contribution in [3.63, 3.8) is 0 Å². The largest absolute Gasteiger partial charge is 0.330 e. The molecule has 0 fully saturated rings. The second-order valence-corrected chi connectivity index (χ2v) is 5.92. The van der Waals surface area contributed by atoms with Crippen LogP contribution in [0.5, 0.6) is 0 Å². The minimum atomic E-state index is 0.263. The normalized spacial score (nSPS) is 12.8. The lowest BCUT2D eigenvalue weighted by atomic mass is 9.94. The van der Waals surface area contributed by atoms with Crippen LogP contribution in [-0.2, 0) is 13.0 Å². The average Bonchev–Trinajstić information content (AvgIpc) is 2.84. The lowest BCUT2D eigenvalue weighted by molar-refractivity contribution is 0.368. The summed E-state index contributed by atoms with van der Waals surface area (Å²) in [5.74, 6) is 0.263. The Balaban J connectivity index is 2.15. The number of nitrogens with two attached hydrogens (primary N) is 1. The monoisotopic (exact) mass is 306 g/mol. The molecule has 1 aromatic heterocycles. The highest BCUT2D eigenvalue weighted by Crippen LogP contribution is 2.24. The van der Waals surface area contributed by atoms with E-state index in [9.17, 15) is 0 Å². The molecular formula is C16H23ClN4. The van der Waals surface area contributed by atoms with Crippen molar-refractivity contribution in [1.82, 2.24) is 14.7 Å². The Hall–Kier alpha value is -1.36. The predicted octanol–water partition coefficient (Wildman–Crippen LogP) is 2.38. The number of halogens is 1. The Labute approximate surface area is 131 Å². The number of likely N-dealkylation sites (N-methyl/N-ethyl adjacent to an activating group) is 1. The number of rotatable bonds is 7. The molecule has 2 N–H and O–H groups in total. The van der Waals surface area contributed by atoms with Crippen molar-refractivity contribution in [2.45, 2.75) is 18.9 Å². The zero-order valence-corrected chi connectivity index (χ0v) is 13.4. The number of benzene rings is 1. The summed E-state index contributed by atoms with van der Waals surface area (Å²) in [7, 11) is 4.11. The van der Waals surface area contributed by atoms with Gasteiger partial charge in [0.05, 0.1) is 23.5 Å². The number of hydrogen-bond acceptors (Lipinski definition) is 3. The summed E-state index contributed by atoms with van der Waals surface area (Å²) < 4.78 is 1.99. The molecule has 0 saturated heterocycles. The van der Waals surface area contributed by atoms with Gasteiger partial charge in [0.15, 0.2) is 0 Å². The van der Waals surface area contributed by atoms with Crippen molar-refractivity contribution >= 4 is 11.6 Å². The molecule has 114 valence electrons. The highest BCUT2D eigenvalue weighted by Gasteiger charge is 2.16. The summed E-state index contributed by atoms with van der Waals surface area (Å²) in [4.78, 5) is 2.14. The van der Waals surface area contributed by atoms with Gasteiger partial charge >= 0.3 is 0 Å². The van der Waals surface area contributed by atoms with Crippen molar-refractivity contribution in [3.8, 4) is 0 Å². The summed E-state index contributed by atoms with van der Waals surface area (Å²) in [6.07, 6.45) is 2.54. The molecule has 1 unspecified atom stereocenters. The maximum Gasteiger partial charge on any atom is 0.0818 e. The standard InChI is InChI=1S/C16H23ClN4/c1-20(2)8-9-21-16(15(17)12-19-21)10-14(11-18)13-6-4-3-5-7-13/h3-7,12,14H,8-11,18H2,1-2H3. The van der Waals surface area contributed by atoms with Gasteiger partial charge in [-0.25, -0.2) is 0 Å². The van der Waals surface area contributed by atoms with Crippen LogP contribution in [0.2, 0.25) is 5.02 Å². The van der Waals surface area contributed by atoms with E-state index in [0.29, 0.717) is 6.54 Å². The molecular weight excluding hydrogens is 284 g/mol. The van der Waals surface area contributed by atoms with Gasteiger partial charge in [-0.05, 0) is 32.6 Å². The quantitative estimate of drug-likeness (QED) is 0.854. The first-order valence-corrected chi connectivity index (χ1v) is 7.59. The Morgan fingerprint density at radius 1 is 1.29 bits per heavy atom. The smallest absolute Gasteiger partial charge is 0.0818 e. The van der Waals surface area contributed by atoms with Crippen LogP contribution in [0.1, 0.15) is 17.2 Å². The van der Waals surface area contributed by atoms with Crippen LogP contribution >= 0.6 is 11.6 Å². The molecule has 4 nitrogen and oxygen atoms in total. The molecule has 0 saturated carbocycles. The van der Waals surface area contributed by atoms with Gasteiger partial charge in [-0.2, -0.15) is 5.10 Å². The van der Waals surface area contributed by atoms with Gasteiger partial charge in [-0.15, -0.1) is 0 Å². The van der Waals surface area contributed by atoms with Gasteiger partial charge in [-0.3, -0.25) is 4.68 Å². The predicted molar refractivity (Wildman–Crippen MR) is 87.7 cm³/mol. The first kappa shape index (κ1) is 16.0. The molecule has 2 rings (SSSR count). The molecule has 1 aromatic carbocycles. The first-order valence-electron chi connectivity index (χ1n) is 7.21. The zero-order chi connectivity index (χ0) is 15.2. The maximum absolute atomic E-state index is 6.31. The van der Waals surface area contributed by atoms with Gasteiger partial charge in [-0.1, -0.05) is 41.9 Å². The third-order valence-electron chi connectivity index (χ3n) is 3.65. The summed E-state index contributed by atoms with van der Waals surface area (Å²) in [6, 6.07) is 10.3. The maximum atomic E-state index is 6.31. The number of nitrogens with zero attached hydrogens (tertiary/aromatic N) is 3. The van der Waals surface area contributed by atoms with Gasteiger partial charge in [0, 0.05) is 12.5 Å². The van der Waals surface area contributed by atoms with Crippen molar-refractivity contribution in [2.24, 2.45) is 5.73 Å². The molecule has 0 aliphatic heterocycles. The van der Waals surface area contributed by atoms with E-state index in [4.69, 9.17) is 17.3 Å². The van der Waals surface area contributed by atoms with Crippen LogP contribution in [-0.4, -0.2) is 41.9 Å². The third kappa shape index (κ3) is 4.30. The van der Waals surface area contributed by atoms with Gasteiger partial charge < -0.3 is 10.6 Å². The fourth-order valence-electron chi connectivity index (χ4n) is 2.37. The third-order valence-corrected chi connectivity index (χ3v) is 3.97. The fourth-order valence-corrected chi connectivity index (χ4v) is 2.59. The fraction of sp³-hybridized carbons (Fsp3) is 0.438. The van der Waals surface area contributed by atoms with E-state index < -0.39 is 0 Å². The molecule has 0 spiro atoms. The molecule has 0 aliphatic rings. The van der Waals surface area contributed by atoms with Crippen molar-refractivity contribution in [1.29, 1.82) is 0 Å². The highest BCUT2D eigenvalue weighted by molar-refractivity contribution is 6.31.